The number of carbonyl (C=O) groups is 1. The van der Waals surface area contributed by atoms with Gasteiger partial charge in [0.15, 0.2) is 0 Å². The van der Waals surface area contributed by atoms with Crippen molar-refractivity contribution in [2.45, 2.75) is 13.3 Å². The number of aryl methyl sites for hydroxylation is 2. The molecule has 0 aliphatic rings. The van der Waals surface area contributed by atoms with Gasteiger partial charge in [0.05, 0.1) is 19.2 Å². The fourth-order valence-electron chi connectivity index (χ4n) is 1.38. The highest BCUT2D eigenvalue weighted by atomic mass is 16.5. The van der Waals surface area contributed by atoms with Crippen molar-refractivity contribution in [1.29, 1.82) is 5.26 Å². The molecule has 0 bridgehead atoms. The molecule has 0 aliphatic carbocycles. The summed E-state index contributed by atoms with van der Waals surface area (Å²) >= 11 is 0. The fraction of sp³-hybridized carbons (Fsp3) is 0.500. The van der Waals surface area contributed by atoms with Crippen molar-refractivity contribution in [3.8, 4) is 6.07 Å². The van der Waals surface area contributed by atoms with Crippen LogP contribution >= 0.6 is 0 Å². The van der Waals surface area contributed by atoms with Gasteiger partial charge < -0.3 is 10.1 Å². The minimum Gasteiger partial charge on any atom is -0.469 e. The lowest BCUT2D eigenvalue weighted by Gasteiger charge is -2.05. The van der Waals surface area contributed by atoms with E-state index in [-0.39, 0.29) is 12.4 Å². The van der Waals surface area contributed by atoms with E-state index in [4.69, 9.17) is 5.26 Å². The Morgan fingerprint density at radius 1 is 1.69 bits per heavy atom. The summed E-state index contributed by atoms with van der Waals surface area (Å²) in [4.78, 5) is 10.9. The maximum atomic E-state index is 10.9. The summed E-state index contributed by atoms with van der Waals surface area (Å²) in [5, 5.41) is 16.0. The zero-order chi connectivity index (χ0) is 12.1. The van der Waals surface area contributed by atoms with Gasteiger partial charge >= 0.3 is 5.97 Å². The zero-order valence-electron chi connectivity index (χ0n) is 9.57. The minimum atomic E-state index is -0.287. The number of hydrogen-bond donors (Lipinski definition) is 1. The summed E-state index contributed by atoms with van der Waals surface area (Å²) < 4.78 is 6.10. The number of ether oxygens (including phenoxy) is 1. The van der Waals surface area contributed by atoms with Gasteiger partial charge in [0.1, 0.15) is 17.5 Å². The average Bonchev–Trinajstić information content (AvgIpc) is 2.53. The summed E-state index contributed by atoms with van der Waals surface area (Å²) in [6.07, 6.45) is 0.256. The minimum absolute atomic E-state index is 0.256. The lowest BCUT2D eigenvalue weighted by Crippen LogP contribution is -2.12. The highest BCUT2D eigenvalue weighted by molar-refractivity contribution is 5.70. The Hall–Kier alpha value is -2.03. The SMILES string of the molecule is COC(=O)CCNc1c(C#N)c(C)nn1C. The number of nitriles is 1. The van der Waals surface area contributed by atoms with E-state index < -0.39 is 0 Å². The smallest absolute Gasteiger partial charge is 0.307 e. The summed E-state index contributed by atoms with van der Waals surface area (Å²) in [5.41, 5.74) is 1.18. The first-order valence-corrected chi connectivity index (χ1v) is 4.84. The summed E-state index contributed by atoms with van der Waals surface area (Å²) in [7, 11) is 3.09. The molecule has 0 fully saturated rings. The third-order valence-electron chi connectivity index (χ3n) is 2.18. The van der Waals surface area contributed by atoms with E-state index in [1.54, 1.807) is 18.7 Å². The Bertz CT molecular complexity index is 431. The van der Waals surface area contributed by atoms with Gasteiger partial charge in [-0.25, -0.2) is 0 Å². The van der Waals surface area contributed by atoms with Gasteiger partial charge in [-0.05, 0) is 6.92 Å². The van der Waals surface area contributed by atoms with E-state index in [0.29, 0.717) is 23.6 Å². The third-order valence-corrected chi connectivity index (χ3v) is 2.18. The third kappa shape index (κ3) is 2.51. The second kappa shape index (κ2) is 5.16. The van der Waals surface area contributed by atoms with Crippen LogP contribution in [0.1, 0.15) is 17.7 Å². The fourth-order valence-corrected chi connectivity index (χ4v) is 1.38. The molecular weight excluding hydrogens is 208 g/mol. The number of anilines is 1. The van der Waals surface area contributed by atoms with Crippen LogP contribution in [0.2, 0.25) is 0 Å². The molecule has 0 radical (unpaired) electrons. The Morgan fingerprint density at radius 2 is 2.38 bits per heavy atom. The second-order valence-electron chi connectivity index (χ2n) is 3.30. The Kier molecular flexibility index (Phi) is 3.89. The molecule has 1 N–H and O–H groups in total. The number of nitrogens with zero attached hydrogens (tertiary/aromatic N) is 3. The maximum absolute atomic E-state index is 10.9. The normalized spacial score (nSPS) is 9.62. The molecule has 0 saturated heterocycles. The van der Waals surface area contributed by atoms with E-state index in [0.717, 1.165) is 0 Å². The number of rotatable bonds is 4. The largest absolute Gasteiger partial charge is 0.469 e. The molecule has 0 aromatic carbocycles. The lowest BCUT2D eigenvalue weighted by molar-refractivity contribution is -0.140. The van der Waals surface area contributed by atoms with Crippen LogP contribution < -0.4 is 5.32 Å². The summed E-state index contributed by atoms with van der Waals surface area (Å²) in [6.45, 7) is 2.18. The van der Waals surface area contributed by atoms with Gasteiger partial charge in [-0.1, -0.05) is 0 Å². The molecule has 0 atom stereocenters. The van der Waals surface area contributed by atoms with Crippen LogP contribution in [0.25, 0.3) is 0 Å². The Labute approximate surface area is 93.8 Å². The first-order valence-electron chi connectivity index (χ1n) is 4.84. The van der Waals surface area contributed by atoms with Crippen molar-refractivity contribution in [3.05, 3.63) is 11.3 Å². The van der Waals surface area contributed by atoms with Gasteiger partial charge in [-0.2, -0.15) is 10.4 Å². The lowest BCUT2D eigenvalue weighted by atomic mass is 10.2. The monoisotopic (exact) mass is 222 g/mol. The number of carbonyl (C=O) groups excluding carboxylic acids is 1. The van der Waals surface area contributed by atoms with Crippen molar-refractivity contribution < 1.29 is 9.53 Å². The number of methoxy groups -OCH3 is 1. The van der Waals surface area contributed by atoms with Crippen molar-refractivity contribution in [2.24, 2.45) is 7.05 Å². The van der Waals surface area contributed by atoms with Crippen LogP contribution in [0.5, 0.6) is 0 Å². The molecule has 0 spiro atoms. The number of nitrogens with one attached hydrogen (secondary N) is 1. The van der Waals surface area contributed by atoms with Crippen LogP contribution in [0, 0.1) is 18.3 Å². The van der Waals surface area contributed by atoms with Crippen LogP contribution in [-0.2, 0) is 16.6 Å². The summed E-state index contributed by atoms with van der Waals surface area (Å²) in [5.74, 6) is 0.341. The van der Waals surface area contributed by atoms with E-state index in [9.17, 15) is 4.79 Å². The molecule has 1 aromatic heterocycles. The zero-order valence-corrected chi connectivity index (χ0v) is 9.57. The highest BCUT2D eigenvalue weighted by Crippen LogP contribution is 2.16. The molecule has 1 heterocycles. The number of aromatic nitrogens is 2. The standard InChI is InChI=1S/C10H14N4O2/c1-7-8(6-11)10(14(2)13-7)12-5-4-9(15)16-3/h12H,4-5H2,1-3H3. The molecule has 6 nitrogen and oxygen atoms in total. The molecule has 1 aromatic rings. The second-order valence-corrected chi connectivity index (χ2v) is 3.30. The van der Waals surface area contributed by atoms with Crippen molar-refractivity contribution in [3.63, 3.8) is 0 Å². The van der Waals surface area contributed by atoms with Gasteiger partial charge in [-0.15, -0.1) is 0 Å². The van der Waals surface area contributed by atoms with E-state index in [1.165, 1.54) is 7.11 Å². The molecule has 86 valence electrons. The Balaban J connectivity index is 2.67. The molecule has 0 unspecified atom stereocenters. The predicted octanol–water partition coefficient (Wildman–Crippen LogP) is 0.575. The Morgan fingerprint density at radius 3 is 2.94 bits per heavy atom. The molecule has 6 heteroatoms. The summed E-state index contributed by atoms with van der Waals surface area (Å²) in [6, 6.07) is 2.07. The first-order chi connectivity index (χ1) is 7.60. The first kappa shape index (κ1) is 12.0. The van der Waals surface area contributed by atoms with E-state index in [1.807, 2.05) is 0 Å². The van der Waals surface area contributed by atoms with Gasteiger partial charge in [0.2, 0.25) is 0 Å². The van der Waals surface area contributed by atoms with Crippen molar-refractivity contribution >= 4 is 11.8 Å². The van der Waals surface area contributed by atoms with E-state index >= 15 is 0 Å². The molecule has 0 amide bonds. The van der Waals surface area contributed by atoms with Crippen LogP contribution in [-0.4, -0.2) is 29.4 Å². The molecule has 1 rings (SSSR count). The van der Waals surface area contributed by atoms with Crippen LogP contribution in [0.3, 0.4) is 0 Å². The topological polar surface area (TPSA) is 79.9 Å². The van der Waals surface area contributed by atoms with Crippen molar-refractivity contribution in [2.75, 3.05) is 19.0 Å². The van der Waals surface area contributed by atoms with Crippen LogP contribution in [0.15, 0.2) is 0 Å². The van der Waals surface area contributed by atoms with Gasteiger partial charge in [-0.3, -0.25) is 9.48 Å². The highest BCUT2D eigenvalue weighted by Gasteiger charge is 2.12. The van der Waals surface area contributed by atoms with Crippen molar-refractivity contribution in [1.82, 2.24) is 9.78 Å². The predicted molar refractivity (Wildman–Crippen MR) is 57.8 cm³/mol. The van der Waals surface area contributed by atoms with Gasteiger partial charge in [0, 0.05) is 13.6 Å². The maximum Gasteiger partial charge on any atom is 0.307 e. The average molecular weight is 222 g/mol. The van der Waals surface area contributed by atoms with E-state index in [2.05, 4.69) is 21.2 Å². The van der Waals surface area contributed by atoms with Gasteiger partial charge in [0.25, 0.3) is 0 Å². The number of hydrogen-bond acceptors (Lipinski definition) is 5. The number of esters is 1. The molecule has 0 aliphatic heterocycles. The van der Waals surface area contributed by atoms with Crippen LogP contribution in [0.4, 0.5) is 5.82 Å². The molecule has 16 heavy (non-hydrogen) atoms. The quantitative estimate of drug-likeness (QED) is 0.753. The molecule has 0 saturated carbocycles. The molecular formula is C10H14N4O2.